The van der Waals surface area contributed by atoms with Crippen molar-refractivity contribution in [3.63, 3.8) is 0 Å². The van der Waals surface area contributed by atoms with Gasteiger partial charge in [-0.2, -0.15) is 5.10 Å². The number of nitrogens with one attached hydrogen (secondary N) is 2. The number of benzene rings is 1. The van der Waals surface area contributed by atoms with Gasteiger partial charge in [-0.05, 0) is 44.9 Å². The van der Waals surface area contributed by atoms with Gasteiger partial charge in [-0.25, -0.2) is 0 Å². The van der Waals surface area contributed by atoms with E-state index in [-0.39, 0.29) is 6.61 Å². The summed E-state index contributed by atoms with van der Waals surface area (Å²) < 4.78 is 7.18. The minimum atomic E-state index is -0.456. The third-order valence-electron chi connectivity index (χ3n) is 3.92. The Bertz CT molecular complexity index is 817. The summed E-state index contributed by atoms with van der Waals surface area (Å²) in [7, 11) is 0. The fraction of sp³-hybridized carbons (Fsp3) is 0.389. The Labute approximate surface area is 157 Å². The van der Waals surface area contributed by atoms with Crippen molar-refractivity contribution in [1.82, 2.24) is 20.6 Å². The van der Waals surface area contributed by atoms with E-state index in [0.717, 1.165) is 11.1 Å². The van der Waals surface area contributed by atoms with E-state index >= 15 is 0 Å². The Balaban J connectivity index is 1.91. The lowest BCUT2D eigenvalue weighted by Gasteiger charge is -2.11. The first-order valence-electron chi connectivity index (χ1n) is 8.22. The average molecular weight is 379 g/mol. The first-order chi connectivity index (χ1) is 12.3. The highest BCUT2D eigenvalue weighted by atomic mass is 35.5. The molecule has 2 amide bonds. The number of carbonyl (C=O) groups excluding carboxylic acids is 2. The SMILES string of the molecule is Cc1ccc(C)c(OCC(=O)NNC(=O)c2c(C)nn(CCCl)c2C)c1. The summed E-state index contributed by atoms with van der Waals surface area (Å²) in [6, 6.07) is 5.76. The quantitative estimate of drug-likeness (QED) is 0.596. The van der Waals surface area contributed by atoms with Gasteiger partial charge in [0.2, 0.25) is 0 Å². The van der Waals surface area contributed by atoms with Crippen LogP contribution in [0.15, 0.2) is 18.2 Å². The van der Waals surface area contributed by atoms with Crippen molar-refractivity contribution in [1.29, 1.82) is 0 Å². The Morgan fingerprint density at radius 1 is 1.19 bits per heavy atom. The molecule has 0 aliphatic heterocycles. The number of hydrogen-bond donors (Lipinski definition) is 2. The van der Waals surface area contributed by atoms with Crippen molar-refractivity contribution >= 4 is 23.4 Å². The standard InChI is InChI=1S/C18H23ClN4O3/c1-11-5-6-12(2)15(9-11)26-10-16(24)20-21-18(25)17-13(3)22-23(8-7-19)14(17)4/h5-6,9H,7-8,10H2,1-4H3,(H,20,24)(H,21,25). The predicted molar refractivity (Wildman–Crippen MR) is 99.4 cm³/mol. The van der Waals surface area contributed by atoms with Crippen LogP contribution < -0.4 is 15.6 Å². The van der Waals surface area contributed by atoms with Crippen molar-refractivity contribution in [3.05, 3.63) is 46.3 Å². The molecule has 1 heterocycles. The molecule has 2 aromatic rings. The van der Waals surface area contributed by atoms with Gasteiger partial charge in [0, 0.05) is 11.6 Å². The lowest BCUT2D eigenvalue weighted by Crippen LogP contribution is -2.44. The molecule has 0 saturated carbocycles. The van der Waals surface area contributed by atoms with Crippen molar-refractivity contribution in [3.8, 4) is 5.75 Å². The van der Waals surface area contributed by atoms with E-state index in [1.54, 1.807) is 18.5 Å². The third-order valence-corrected chi connectivity index (χ3v) is 4.09. The average Bonchev–Trinajstić information content (AvgIpc) is 2.87. The topological polar surface area (TPSA) is 85.2 Å². The van der Waals surface area contributed by atoms with Crippen LogP contribution in [0.3, 0.4) is 0 Å². The Morgan fingerprint density at radius 3 is 2.62 bits per heavy atom. The first kappa shape index (κ1) is 19.8. The van der Waals surface area contributed by atoms with E-state index in [9.17, 15) is 9.59 Å². The summed E-state index contributed by atoms with van der Waals surface area (Å²) in [4.78, 5) is 24.3. The second-order valence-electron chi connectivity index (χ2n) is 6.02. The van der Waals surface area contributed by atoms with Gasteiger partial charge in [-0.3, -0.25) is 25.1 Å². The number of alkyl halides is 1. The minimum absolute atomic E-state index is 0.200. The molecule has 7 nitrogen and oxygen atoms in total. The molecule has 0 aliphatic carbocycles. The fourth-order valence-corrected chi connectivity index (χ4v) is 2.71. The number of aryl methyl sites for hydroxylation is 4. The van der Waals surface area contributed by atoms with Crippen LogP contribution in [0.5, 0.6) is 5.75 Å². The summed E-state index contributed by atoms with van der Waals surface area (Å²) >= 11 is 5.73. The maximum atomic E-state index is 12.3. The summed E-state index contributed by atoms with van der Waals surface area (Å²) in [5.74, 6) is 0.152. The molecule has 2 rings (SSSR count). The molecule has 26 heavy (non-hydrogen) atoms. The molecular weight excluding hydrogens is 356 g/mol. The lowest BCUT2D eigenvalue weighted by atomic mass is 10.1. The van der Waals surface area contributed by atoms with Gasteiger partial charge in [0.25, 0.3) is 11.8 Å². The van der Waals surface area contributed by atoms with E-state index < -0.39 is 11.8 Å². The van der Waals surface area contributed by atoms with Crippen LogP contribution in [0.2, 0.25) is 0 Å². The molecule has 1 aromatic heterocycles. The van der Waals surface area contributed by atoms with Crippen LogP contribution >= 0.6 is 11.6 Å². The van der Waals surface area contributed by atoms with E-state index in [1.165, 1.54) is 0 Å². The molecule has 0 bridgehead atoms. The zero-order valence-electron chi connectivity index (χ0n) is 15.4. The van der Waals surface area contributed by atoms with Crippen molar-refractivity contribution in [2.24, 2.45) is 0 Å². The van der Waals surface area contributed by atoms with Gasteiger partial charge in [-0.15, -0.1) is 11.6 Å². The highest BCUT2D eigenvalue weighted by molar-refractivity contribution is 6.17. The van der Waals surface area contributed by atoms with Crippen LogP contribution in [0.1, 0.15) is 32.9 Å². The number of rotatable bonds is 6. The lowest BCUT2D eigenvalue weighted by molar-refractivity contribution is -0.123. The molecule has 0 radical (unpaired) electrons. The fourth-order valence-electron chi connectivity index (χ4n) is 2.55. The number of ether oxygens (including phenoxy) is 1. The molecule has 2 N–H and O–H groups in total. The van der Waals surface area contributed by atoms with E-state index in [1.807, 2.05) is 32.0 Å². The molecular formula is C18H23ClN4O3. The van der Waals surface area contributed by atoms with Crippen molar-refractivity contribution in [2.75, 3.05) is 12.5 Å². The zero-order chi connectivity index (χ0) is 19.3. The maximum absolute atomic E-state index is 12.3. The van der Waals surface area contributed by atoms with Gasteiger partial charge >= 0.3 is 0 Å². The van der Waals surface area contributed by atoms with Crippen molar-refractivity contribution in [2.45, 2.75) is 34.2 Å². The second kappa shape index (κ2) is 8.71. The van der Waals surface area contributed by atoms with Gasteiger partial charge in [-0.1, -0.05) is 12.1 Å². The first-order valence-corrected chi connectivity index (χ1v) is 8.76. The molecule has 0 atom stereocenters. The van der Waals surface area contributed by atoms with Crippen LogP contribution in [-0.4, -0.2) is 34.1 Å². The Hall–Kier alpha value is -2.54. The third kappa shape index (κ3) is 4.76. The normalized spacial score (nSPS) is 10.5. The number of nitrogens with zero attached hydrogens (tertiary/aromatic N) is 2. The maximum Gasteiger partial charge on any atom is 0.276 e. The van der Waals surface area contributed by atoms with Gasteiger partial charge in [0.1, 0.15) is 5.75 Å². The Kier molecular flexibility index (Phi) is 6.63. The monoisotopic (exact) mass is 378 g/mol. The van der Waals surface area contributed by atoms with Crippen molar-refractivity contribution < 1.29 is 14.3 Å². The molecule has 0 saturated heterocycles. The van der Waals surface area contributed by atoms with Crippen LogP contribution in [0, 0.1) is 27.7 Å². The number of hydrazine groups is 1. The summed E-state index contributed by atoms with van der Waals surface area (Å²) in [5, 5.41) is 4.28. The summed E-state index contributed by atoms with van der Waals surface area (Å²) in [6.07, 6.45) is 0. The molecule has 0 aliphatic rings. The Morgan fingerprint density at radius 2 is 1.92 bits per heavy atom. The largest absolute Gasteiger partial charge is 0.483 e. The highest BCUT2D eigenvalue weighted by Crippen LogP contribution is 2.18. The van der Waals surface area contributed by atoms with Crippen LogP contribution in [-0.2, 0) is 11.3 Å². The molecule has 0 fully saturated rings. The molecule has 140 valence electrons. The summed E-state index contributed by atoms with van der Waals surface area (Å²) in [5.41, 5.74) is 8.42. The molecule has 1 aromatic carbocycles. The predicted octanol–water partition coefficient (Wildman–Crippen LogP) is 2.20. The molecule has 0 unspecified atom stereocenters. The van der Waals surface area contributed by atoms with E-state index in [0.29, 0.717) is 35.1 Å². The van der Waals surface area contributed by atoms with Crippen LogP contribution in [0.4, 0.5) is 0 Å². The number of aromatic nitrogens is 2. The van der Waals surface area contributed by atoms with Crippen LogP contribution in [0.25, 0.3) is 0 Å². The zero-order valence-corrected chi connectivity index (χ0v) is 16.1. The van der Waals surface area contributed by atoms with E-state index in [4.69, 9.17) is 16.3 Å². The van der Waals surface area contributed by atoms with Gasteiger partial charge < -0.3 is 4.74 Å². The van der Waals surface area contributed by atoms with Gasteiger partial charge in [0.05, 0.1) is 17.8 Å². The number of hydrogen-bond acceptors (Lipinski definition) is 4. The smallest absolute Gasteiger partial charge is 0.276 e. The second-order valence-corrected chi connectivity index (χ2v) is 6.40. The number of halogens is 1. The molecule has 8 heteroatoms. The number of carbonyl (C=O) groups is 2. The minimum Gasteiger partial charge on any atom is -0.483 e. The number of amides is 2. The molecule has 0 spiro atoms. The van der Waals surface area contributed by atoms with E-state index in [2.05, 4.69) is 16.0 Å². The summed E-state index contributed by atoms with van der Waals surface area (Å²) in [6.45, 7) is 7.68. The highest BCUT2D eigenvalue weighted by Gasteiger charge is 2.19. The van der Waals surface area contributed by atoms with Gasteiger partial charge in [0.15, 0.2) is 6.61 Å².